The first kappa shape index (κ1) is 25.7. The van der Waals surface area contributed by atoms with E-state index >= 15 is 0 Å². The molecule has 1 fully saturated rings. The minimum atomic E-state index is -4.22. The summed E-state index contributed by atoms with van der Waals surface area (Å²) in [7, 11) is -1.14. The Balaban J connectivity index is 1.60. The van der Waals surface area contributed by atoms with E-state index in [1.165, 1.54) is 6.07 Å². The van der Waals surface area contributed by atoms with E-state index in [-0.39, 0.29) is 10.8 Å². The number of amides is 1. The minimum Gasteiger partial charge on any atom is -0.496 e. The molecule has 0 bridgehead atoms. The molecule has 2 heterocycles. The Morgan fingerprint density at radius 2 is 1.76 bits per heavy atom. The molecule has 2 aromatic heterocycles. The number of pyridine rings is 2. The summed E-state index contributed by atoms with van der Waals surface area (Å²) in [4.78, 5) is 23.0. The van der Waals surface area contributed by atoms with Crippen LogP contribution >= 0.6 is 0 Å². The number of carbonyl (C=O) groups is 1. The zero-order chi connectivity index (χ0) is 27.2. The number of benzene rings is 2. The molecule has 1 amide bonds. The van der Waals surface area contributed by atoms with Gasteiger partial charge in [-0.1, -0.05) is 29.8 Å². The molecule has 4 aromatic rings. The number of fused-ring (bicyclic) bond motifs is 1. The number of hydrogen-bond donors (Lipinski definition) is 1. The van der Waals surface area contributed by atoms with Crippen molar-refractivity contribution >= 4 is 26.8 Å². The summed E-state index contributed by atoms with van der Waals surface area (Å²) >= 11 is 0. The van der Waals surface area contributed by atoms with Crippen molar-refractivity contribution in [2.45, 2.75) is 43.4 Å². The molecule has 0 saturated heterocycles. The molecule has 0 spiro atoms. The van der Waals surface area contributed by atoms with Crippen LogP contribution in [-0.2, 0) is 20.2 Å². The maximum Gasteiger partial charge on any atom is 0.264 e. The summed E-state index contributed by atoms with van der Waals surface area (Å²) in [5, 5.41) is 0.447. The van der Waals surface area contributed by atoms with Crippen molar-refractivity contribution in [1.29, 1.82) is 0 Å². The molecule has 1 aliphatic carbocycles. The lowest BCUT2D eigenvalue weighted by Gasteiger charge is -2.22. The third-order valence-corrected chi connectivity index (χ3v) is 8.62. The number of aryl methyl sites for hydroxylation is 3. The lowest BCUT2D eigenvalue weighted by Crippen LogP contribution is -2.40. The Morgan fingerprint density at radius 1 is 0.974 bits per heavy atom. The molecule has 0 aliphatic heterocycles. The molecule has 5 rings (SSSR count). The highest BCUT2D eigenvalue weighted by Gasteiger charge is 2.64. The summed E-state index contributed by atoms with van der Waals surface area (Å²) in [6.07, 6.45) is 0.402. The van der Waals surface area contributed by atoms with Gasteiger partial charge in [-0.25, -0.2) is 18.1 Å². The standard InChI is InChI=1S/C29H29N3O5S/c1-17-9-13-25(36-4)22(15-17)29(16-23(29)20-12-14-27(37-5)31-19(20)3)28(33)32-38(34,35)26-8-6-7-24-21(26)11-10-18(2)30-24/h6-15,23H,16H2,1-5H3,(H,32,33)/t23-,29-/m1/s1. The molecule has 1 N–H and O–H groups in total. The van der Waals surface area contributed by atoms with Crippen LogP contribution in [0.4, 0.5) is 0 Å². The van der Waals surface area contributed by atoms with Crippen molar-refractivity contribution in [1.82, 2.24) is 14.7 Å². The van der Waals surface area contributed by atoms with Crippen LogP contribution in [-0.4, -0.2) is 38.5 Å². The highest BCUT2D eigenvalue weighted by molar-refractivity contribution is 7.90. The van der Waals surface area contributed by atoms with Crippen LogP contribution in [0.15, 0.2) is 65.6 Å². The maximum atomic E-state index is 14.1. The van der Waals surface area contributed by atoms with Gasteiger partial charge in [0.05, 0.1) is 30.0 Å². The largest absolute Gasteiger partial charge is 0.496 e. The first-order valence-electron chi connectivity index (χ1n) is 12.2. The van der Waals surface area contributed by atoms with Gasteiger partial charge in [0.1, 0.15) is 5.75 Å². The quantitative estimate of drug-likeness (QED) is 0.374. The summed E-state index contributed by atoms with van der Waals surface area (Å²) < 4.78 is 40.6. The zero-order valence-electron chi connectivity index (χ0n) is 21.9. The van der Waals surface area contributed by atoms with Gasteiger partial charge in [-0.2, -0.15) is 0 Å². The van der Waals surface area contributed by atoms with Gasteiger partial charge in [0.2, 0.25) is 11.8 Å². The molecule has 0 unspecified atom stereocenters. The number of hydrogen-bond acceptors (Lipinski definition) is 7. The van der Waals surface area contributed by atoms with Gasteiger partial charge < -0.3 is 9.47 Å². The lowest BCUT2D eigenvalue weighted by molar-refractivity contribution is -0.122. The second-order valence-electron chi connectivity index (χ2n) is 9.67. The van der Waals surface area contributed by atoms with Crippen molar-refractivity contribution in [3.63, 3.8) is 0 Å². The molecule has 9 heteroatoms. The van der Waals surface area contributed by atoms with E-state index in [1.54, 1.807) is 50.6 Å². The van der Waals surface area contributed by atoms with E-state index in [1.807, 2.05) is 39.0 Å². The lowest BCUT2D eigenvalue weighted by atomic mass is 9.88. The molecule has 1 aliphatic rings. The summed E-state index contributed by atoms with van der Waals surface area (Å²) in [6, 6.07) is 17.5. The monoisotopic (exact) mass is 531 g/mol. The Morgan fingerprint density at radius 3 is 2.47 bits per heavy atom. The highest BCUT2D eigenvalue weighted by Crippen LogP contribution is 2.63. The van der Waals surface area contributed by atoms with Crippen LogP contribution in [0.3, 0.4) is 0 Å². The first-order chi connectivity index (χ1) is 18.1. The normalized spacial score (nSPS) is 18.7. The van der Waals surface area contributed by atoms with E-state index < -0.39 is 21.3 Å². The molecule has 0 radical (unpaired) electrons. The number of rotatable bonds is 7. The number of nitrogens with zero attached hydrogens (tertiary/aromatic N) is 2. The summed E-state index contributed by atoms with van der Waals surface area (Å²) in [5.74, 6) is 0.0782. The van der Waals surface area contributed by atoms with Crippen molar-refractivity contribution in [2.24, 2.45) is 0 Å². The van der Waals surface area contributed by atoms with Gasteiger partial charge >= 0.3 is 0 Å². The van der Waals surface area contributed by atoms with Crippen LogP contribution in [0.1, 0.15) is 40.4 Å². The zero-order valence-corrected chi connectivity index (χ0v) is 22.7. The fraction of sp³-hybridized carbons (Fsp3) is 0.276. The van der Waals surface area contributed by atoms with Gasteiger partial charge in [-0.3, -0.25) is 9.78 Å². The molecular weight excluding hydrogens is 502 g/mol. The number of carbonyl (C=O) groups excluding carboxylic acids is 1. The number of methoxy groups -OCH3 is 2. The smallest absolute Gasteiger partial charge is 0.264 e. The van der Waals surface area contributed by atoms with E-state index in [0.717, 1.165) is 16.8 Å². The second kappa shape index (κ2) is 9.40. The average molecular weight is 532 g/mol. The molecule has 196 valence electrons. The van der Waals surface area contributed by atoms with Crippen molar-refractivity contribution in [3.8, 4) is 11.6 Å². The number of aromatic nitrogens is 2. The third kappa shape index (κ3) is 4.26. The van der Waals surface area contributed by atoms with Crippen molar-refractivity contribution in [2.75, 3.05) is 14.2 Å². The Bertz CT molecular complexity index is 1690. The van der Waals surface area contributed by atoms with E-state index in [4.69, 9.17) is 9.47 Å². The van der Waals surface area contributed by atoms with Gasteiger partial charge in [-0.05, 0) is 63.1 Å². The maximum absolute atomic E-state index is 14.1. The average Bonchev–Trinajstić information content (AvgIpc) is 3.64. The first-order valence-corrected chi connectivity index (χ1v) is 13.7. The number of nitrogens with one attached hydrogen (secondary N) is 1. The second-order valence-corrected chi connectivity index (χ2v) is 11.3. The van der Waals surface area contributed by atoms with E-state index in [0.29, 0.717) is 40.2 Å². The molecule has 2 atom stereocenters. The number of sulfonamides is 1. The number of ether oxygens (including phenoxy) is 2. The van der Waals surface area contributed by atoms with Crippen LogP contribution < -0.4 is 14.2 Å². The fourth-order valence-corrected chi connectivity index (χ4v) is 6.50. The predicted octanol–water partition coefficient (Wildman–Crippen LogP) is 4.50. The third-order valence-electron chi connectivity index (χ3n) is 7.24. The van der Waals surface area contributed by atoms with Crippen LogP contribution in [0, 0.1) is 20.8 Å². The minimum absolute atomic E-state index is 0.00158. The topological polar surface area (TPSA) is 107 Å². The van der Waals surface area contributed by atoms with Crippen LogP contribution in [0.5, 0.6) is 11.6 Å². The van der Waals surface area contributed by atoms with E-state index in [9.17, 15) is 13.2 Å². The SMILES string of the molecule is COc1ccc([C@H]2C[C@@]2(C(=O)NS(=O)(=O)c2cccc3nc(C)ccc23)c2cc(C)ccc2OC)c(C)n1. The Labute approximate surface area is 222 Å². The summed E-state index contributed by atoms with van der Waals surface area (Å²) in [5.41, 5.74) is 3.29. The van der Waals surface area contributed by atoms with Crippen LogP contribution in [0.25, 0.3) is 10.9 Å². The Hall–Kier alpha value is -3.98. The fourth-order valence-electron chi connectivity index (χ4n) is 5.24. The van der Waals surface area contributed by atoms with E-state index in [2.05, 4.69) is 14.7 Å². The summed E-state index contributed by atoms with van der Waals surface area (Å²) in [6.45, 7) is 5.62. The van der Waals surface area contributed by atoms with Gasteiger partial charge in [0, 0.05) is 34.3 Å². The van der Waals surface area contributed by atoms with Crippen LogP contribution in [0.2, 0.25) is 0 Å². The highest BCUT2D eigenvalue weighted by atomic mass is 32.2. The molecule has 38 heavy (non-hydrogen) atoms. The van der Waals surface area contributed by atoms with Crippen molar-refractivity contribution < 1.29 is 22.7 Å². The Kier molecular flexibility index (Phi) is 6.35. The van der Waals surface area contributed by atoms with Gasteiger partial charge in [-0.15, -0.1) is 0 Å². The predicted molar refractivity (Wildman–Crippen MR) is 144 cm³/mol. The van der Waals surface area contributed by atoms with Gasteiger partial charge in [0.25, 0.3) is 10.0 Å². The molecule has 1 saturated carbocycles. The molecule has 2 aromatic carbocycles. The molecule has 8 nitrogen and oxygen atoms in total. The van der Waals surface area contributed by atoms with Crippen molar-refractivity contribution in [3.05, 3.63) is 88.7 Å². The van der Waals surface area contributed by atoms with Gasteiger partial charge in [0.15, 0.2) is 0 Å². The molecular formula is C29H29N3O5S.